The Labute approximate surface area is 181 Å². The van der Waals surface area contributed by atoms with Crippen LogP contribution in [0.1, 0.15) is 17.0 Å². The van der Waals surface area contributed by atoms with E-state index in [2.05, 4.69) is 10.3 Å². The van der Waals surface area contributed by atoms with Gasteiger partial charge in [-0.1, -0.05) is 17.7 Å². The van der Waals surface area contributed by atoms with Crippen LogP contribution < -0.4 is 10.1 Å². The van der Waals surface area contributed by atoms with Gasteiger partial charge < -0.3 is 14.5 Å². The number of anilines is 1. The van der Waals surface area contributed by atoms with E-state index in [1.807, 2.05) is 31.2 Å². The summed E-state index contributed by atoms with van der Waals surface area (Å²) in [6.45, 7) is 3.71. The predicted molar refractivity (Wildman–Crippen MR) is 116 cm³/mol. The molecular weight excluding hydrogens is 422 g/mol. The number of oxazole rings is 1. The summed E-state index contributed by atoms with van der Waals surface area (Å²) in [6, 6.07) is 11.5. The number of carbonyl (C=O) groups excluding carboxylic acids is 1. The van der Waals surface area contributed by atoms with E-state index < -0.39 is 21.6 Å². The Balaban J connectivity index is 1.66. The molecule has 1 atom stereocenters. The highest BCUT2D eigenvalue weighted by molar-refractivity contribution is 7.84. The lowest BCUT2D eigenvalue weighted by molar-refractivity contribution is -0.384. The van der Waals surface area contributed by atoms with Crippen molar-refractivity contribution >= 4 is 28.1 Å². The van der Waals surface area contributed by atoms with Crippen LogP contribution in [0.3, 0.4) is 0 Å². The number of non-ortho nitro benzene ring substituents is 1. The van der Waals surface area contributed by atoms with Crippen LogP contribution in [0.15, 0.2) is 46.9 Å². The second-order valence-electron chi connectivity index (χ2n) is 6.81. The molecule has 10 heteroatoms. The molecule has 0 radical (unpaired) electrons. The van der Waals surface area contributed by atoms with E-state index in [0.29, 0.717) is 17.3 Å². The minimum absolute atomic E-state index is 0.0423. The van der Waals surface area contributed by atoms with Crippen molar-refractivity contribution in [1.29, 1.82) is 0 Å². The number of nitrogens with zero attached hydrogens (tertiary/aromatic N) is 2. The summed E-state index contributed by atoms with van der Waals surface area (Å²) in [5.74, 6) is 0.399. The van der Waals surface area contributed by atoms with Crippen molar-refractivity contribution in [3.8, 4) is 17.2 Å². The molecule has 3 rings (SSSR count). The number of benzene rings is 2. The van der Waals surface area contributed by atoms with Crippen LogP contribution in [0.5, 0.6) is 5.75 Å². The molecule has 0 bridgehead atoms. The third-order valence-corrected chi connectivity index (χ3v) is 5.63. The third kappa shape index (κ3) is 5.54. The van der Waals surface area contributed by atoms with Gasteiger partial charge in [-0.25, -0.2) is 4.98 Å². The van der Waals surface area contributed by atoms with E-state index in [-0.39, 0.29) is 28.6 Å². The maximum atomic E-state index is 12.5. The monoisotopic (exact) mass is 443 g/mol. The number of aromatic nitrogens is 1. The fourth-order valence-corrected chi connectivity index (χ4v) is 3.86. The molecule has 0 fully saturated rings. The first kappa shape index (κ1) is 22.2. The summed E-state index contributed by atoms with van der Waals surface area (Å²) in [5, 5.41) is 13.5. The van der Waals surface area contributed by atoms with Crippen molar-refractivity contribution in [3.05, 3.63) is 69.6 Å². The number of nitro groups is 1. The average Bonchev–Trinajstić information content (AvgIpc) is 3.08. The number of nitrogens with one attached hydrogen (secondary N) is 1. The highest BCUT2D eigenvalue weighted by Gasteiger charge is 2.18. The molecule has 31 heavy (non-hydrogen) atoms. The van der Waals surface area contributed by atoms with Gasteiger partial charge in [0.25, 0.3) is 5.69 Å². The zero-order valence-corrected chi connectivity index (χ0v) is 18.0. The standard InChI is InChI=1S/C21H21N3O6S/c1-13-4-6-15(7-5-13)21-23-18(14(2)30-21)11-31(28)12-20(25)22-17-10-16(24(26)27)8-9-19(17)29-3/h4-10H,11-12H2,1-3H3,(H,22,25)/t31-/m0/s1. The molecule has 0 saturated carbocycles. The van der Waals surface area contributed by atoms with E-state index >= 15 is 0 Å². The summed E-state index contributed by atoms with van der Waals surface area (Å²) in [6.07, 6.45) is 0. The SMILES string of the molecule is COc1ccc([N+](=O)[O-])cc1NC(=O)C[S@@](=O)Cc1nc(-c2ccc(C)cc2)oc1C. The Hall–Kier alpha value is -3.53. The zero-order valence-electron chi connectivity index (χ0n) is 17.2. The third-order valence-electron chi connectivity index (χ3n) is 4.45. The van der Waals surface area contributed by atoms with Crippen LogP contribution in [0.4, 0.5) is 11.4 Å². The zero-order chi connectivity index (χ0) is 22.5. The number of rotatable bonds is 8. The average molecular weight is 443 g/mol. The highest BCUT2D eigenvalue weighted by atomic mass is 32.2. The lowest BCUT2D eigenvalue weighted by atomic mass is 10.1. The summed E-state index contributed by atoms with van der Waals surface area (Å²) >= 11 is 0. The molecule has 162 valence electrons. The smallest absolute Gasteiger partial charge is 0.271 e. The summed E-state index contributed by atoms with van der Waals surface area (Å²) in [4.78, 5) is 27.1. The lowest BCUT2D eigenvalue weighted by Gasteiger charge is -2.09. The fourth-order valence-electron chi connectivity index (χ4n) is 2.82. The topological polar surface area (TPSA) is 125 Å². The van der Waals surface area contributed by atoms with Crippen LogP contribution in [0.25, 0.3) is 11.5 Å². The molecule has 0 saturated heterocycles. The molecule has 0 aliphatic carbocycles. The quantitative estimate of drug-likeness (QED) is 0.415. The van der Waals surface area contributed by atoms with Crippen molar-refractivity contribution in [2.45, 2.75) is 19.6 Å². The number of amides is 1. The minimum atomic E-state index is -1.56. The molecule has 3 aromatic rings. The van der Waals surface area contributed by atoms with Crippen molar-refractivity contribution in [2.24, 2.45) is 0 Å². The van der Waals surface area contributed by atoms with Gasteiger partial charge in [0, 0.05) is 28.5 Å². The molecule has 1 N–H and O–H groups in total. The van der Waals surface area contributed by atoms with Gasteiger partial charge in [0.05, 0.1) is 29.2 Å². The van der Waals surface area contributed by atoms with Gasteiger partial charge in [-0.05, 0) is 32.0 Å². The summed E-state index contributed by atoms with van der Waals surface area (Å²) in [7, 11) is -0.181. The van der Waals surface area contributed by atoms with Crippen LogP contribution in [0, 0.1) is 24.0 Å². The molecular formula is C21H21N3O6S. The Morgan fingerprint density at radius 2 is 1.94 bits per heavy atom. The van der Waals surface area contributed by atoms with E-state index in [9.17, 15) is 19.1 Å². The molecule has 0 unspecified atom stereocenters. The molecule has 1 aromatic heterocycles. The fraction of sp³-hybridized carbons (Fsp3) is 0.238. The first-order chi connectivity index (χ1) is 14.8. The number of carbonyl (C=O) groups is 1. The van der Waals surface area contributed by atoms with Crippen LogP contribution >= 0.6 is 0 Å². The molecule has 0 spiro atoms. The Morgan fingerprint density at radius 3 is 2.58 bits per heavy atom. The van der Waals surface area contributed by atoms with Crippen LogP contribution in [-0.2, 0) is 21.3 Å². The van der Waals surface area contributed by atoms with Gasteiger partial charge in [-0.2, -0.15) is 0 Å². The number of ether oxygens (including phenoxy) is 1. The van der Waals surface area contributed by atoms with Gasteiger partial charge in [-0.3, -0.25) is 19.1 Å². The van der Waals surface area contributed by atoms with Crippen molar-refractivity contribution in [1.82, 2.24) is 4.98 Å². The lowest BCUT2D eigenvalue weighted by Crippen LogP contribution is -2.21. The Bertz CT molecular complexity index is 1140. The Kier molecular flexibility index (Phi) is 6.81. The molecule has 2 aromatic carbocycles. The van der Waals surface area contributed by atoms with E-state index in [1.54, 1.807) is 6.92 Å². The van der Waals surface area contributed by atoms with Gasteiger partial charge in [0.2, 0.25) is 11.8 Å². The minimum Gasteiger partial charge on any atom is -0.495 e. The summed E-state index contributed by atoms with van der Waals surface area (Å²) in [5.41, 5.74) is 2.37. The highest BCUT2D eigenvalue weighted by Crippen LogP contribution is 2.29. The number of aryl methyl sites for hydroxylation is 2. The van der Waals surface area contributed by atoms with Crippen LogP contribution in [0.2, 0.25) is 0 Å². The van der Waals surface area contributed by atoms with Crippen LogP contribution in [-0.4, -0.2) is 32.9 Å². The first-order valence-electron chi connectivity index (χ1n) is 9.27. The second-order valence-corrected chi connectivity index (χ2v) is 8.26. The maximum absolute atomic E-state index is 12.5. The predicted octanol–water partition coefficient (Wildman–Crippen LogP) is 3.76. The van der Waals surface area contributed by atoms with Crippen molar-refractivity contribution in [3.63, 3.8) is 0 Å². The van der Waals surface area contributed by atoms with Gasteiger partial charge >= 0.3 is 0 Å². The largest absolute Gasteiger partial charge is 0.495 e. The number of hydrogen-bond donors (Lipinski definition) is 1. The summed E-state index contributed by atoms with van der Waals surface area (Å²) < 4.78 is 23.3. The van der Waals surface area contributed by atoms with Crippen molar-refractivity contribution in [2.75, 3.05) is 18.2 Å². The second kappa shape index (κ2) is 9.52. The molecule has 0 aliphatic heterocycles. The molecule has 0 aliphatic rings. The van der Waals surface area contributed by atoms with Gasteiger partial charge in [0.15, 0.2) is 0 Å². The van der Waals surface area contributed by atoms with Crippen molar-refractivity contribution < 1.29 is 23.1 Å². The molecule has 1 heterocycles. The van der Waals surface area contributed by atoms with E-state index in [0.717, 1.165) is 11.1 Å². The Morgan fingerprint density at radius 1 is 1.23 bits per heavy atom. The maximum Gasteiger partial charge on any atom is 0.271 e. The molecule has 1 amide bonds. The van der Waals surface area contributed by atoms with Gasteiger partial charge in [-0.15, -0.1) is 0 Å². The normalized spacial score (nSPS) is 11.7. The number of methoxy groups -OCH3 is 1. The van der Waals surface area contributed by atoms with E-state index in [1.165, 1.54) is 25.3 Å². The van der Waals surface area contributed by atoms with Gasteiger partial charge in [0.1, 0.15) is 17.3 Å². The number of hydrogen-bond acceptors (Lipinski definition) is 7. The molecule has 9 nitrogen and oxygen atoms in total. The first-order valence-corrected chi connectivity index (χ1v) is 10.8. The van der Waals surface area contributed by atoms with E-state index in [4.69, 9.17) is 9.15 Å². The number of nitro benzene ring substituents is 1.